The van der Waals surface area contributed by atoms with Crippen LogP contribution in [0.15, 0.2) is 0 Å². The summed E-state index contributed by atoms with van der Waals surface area (Å²) in [7, 11) is 1.59. The lowest BCUT2D eigenvalue weighted by molar-refractivity contribution is -0.148. The molecule has 1 rings (SSSR count). The summed E-state index contributed by atoms with van der Waals surface area (Å²) in [6, 6.07) is -0.676. The fourth-order valence-corrected chi connectivity index (χ4v) is 2.63. The van der Waals surface area contributed by atoms with Crippen molar-refractivity contribution in [3.63, 3.8) is 0 Å². The Hall–Kier alpha value is -1.14. The molecule has 0 heterocycles. The van der Waals surface area contributed by atoms with Crippen LogP contribution in [0.1, 0.15) is 51.4 Å². The average Bonchev–Trinajstić information content (AvgIpc) is 2.65. The van der Waals surface area contributed by atoms with Crippen molar-refractivity contribution in [1.82, 2.24) is 5.32 Å². The molecular formula is C14H26N2O4. The van der Waals surface area contributed by atoms with Crippen LogP contribution in [-0.2, 0) is 14.3 Å². The molecule has 1 amide bonds. The van der Waals surface area contributed by atoms with Gasteiger partial charge in [-0.05, 0) is 25.7 Å². The quantitative estimate of drug-likeness (QED) is 0.479. The van der Waals surface area contributed by atoms with Crippen LogP contribution in [0.5, 0.6) is 0 Å². The largest absolute Gasteiger partial charge is 0.480 e. The molecule has 1 unspecified atom stereocenters. The predicted molar refractivity (Wildman–Crippen MR) is 75.3 cm³/mol. The highest BCUT2D eigenvalue weighted by molar-refractivity contribution is 5.89. The first-order valence-corrected chi connectivity index (χ1v) is 7.32. The molecule has 6 heteroatoms. The number of carboxylic acids is 1. The zero-order valence-electron chi connectivity index (χ0n) is 12.2. The first-order chi connectivity index (χ1) is 9.52. The molecule has 0 saturated heterocycles. The third kappa shape index (κ3) is 4.76. The van der Waals surface area contributed by atoms with Gasteiger partial charge in [-0.2, -0.15) is 0 Å². The van der Waals surface area contributed by atoms with E-state index in [0.29, 0.717) is 32.3 Å². The molecule has 6 nitrogen and oxygen atoms in total. The average molecular weight is 286 g/mol. The number of nitrogens with two attached hydrogens (primary N) is 1. The van der Waals surface area contributed by atoms with Crippen LogP contribution in [-0.4, -0.2) is 42.3 Å². The second-order valence-electron chi connectivity index (χ2n) is 5.53. The van der Waals surface area contributed by atoms with E-state index in [1.807, 2.05) is 0 Å². The fourth-order valence-electron chi connectivity index (χ4n) is 2.63. The summed E-state index contributed by atoms with van der Waals surface area (Å²) in [5, 5.41) is 12.2. The van der Waals surface area contributed by atoms with Crippen LogP contribution in [0.4, 0.5) is 0 Å². The van der Waals surface area contributed by atoms with Gasteiger partial charge >= 0.3 is 5.97 Å². The van der Waals surface area contributed by atoms with Crippen molar-refractivity contribution in [3.05, 3.63) is 0 Å². The van der Waals surface area contributed by atoms with Crippen molar-refractivity contribution < 1.29 is 19.4 Å². The number of ether oxygens (including phenoxy) is 1. The smallest absolute Gasteiger partial charge is 0.329 e. The molecule has 0 aromatic rings. The summed E-state index contributed by atoms with van der Waals surface area (Å²) in [5.41, 5.74) is 4.68. The summed E-state index contributed by atoms with van der Waals surface area (Å²) in [6.07, 6.45) is 5.84. The first-order valence-electron chi connectivity index (χ1n) is 7.32. The Bertz CT molecular complexity index is 325. The van der Waals surface area contributed by atoms with Crippen LogP contribution in [0, 0.1) is 0 Å². The first kappa shape index (κ1) is 16.9. The summed E-state index contributed by atoms with van der Waals surface area (Å²) in [6.45, 7) is 0.547. The SMILES string of the molecule is COCCCC(N)C(=O)NC1(C(=O)O)CCCCCC1. The van der Waals surface area contributed by atoms with Gasteiger partial charge in [0.2, 0.25) is 5.91 Å². The summed E-state index contributed by atoms with van der Waals surface area (Å²) in [5.74, 6) is -1.32. The van der Waals surface area contributed by atoms with Gasteiger partial charge in [0, 0.05) is 13.7 Å². The predicted octanol–water partition coefficient (Wildman–Crippen LogP) is 1.03. The van der Waals surface area contributed by atoms with Gasteiger partial charge in [-0.3, -0.25) is 4.79 Å². The number of hydrogen-bond donors (Lipinski definition) is 3. The highest BCUT2D eigenvalue weighted by Gasteiger charge is 2.40. The third-order valence-corrected chi connectivity index (χ3v) is 3.93. The lowest BCUT2D eigenvalue weighted by Gasteiger charge is -2.30. The van der Waals surface area contributed by atoms with Gasteiger partial charge < -0.3 is 20.9 Å². The Kier molecular flexibility index (Phi) is 6.95. The van der Waals surface area contributed by atoms with Crippen LogP contribution in [0.3, 0.4) is 0 Å². The minimum atomic E-state index is -1.13. The molecule has 4 N–H and O–H groups in total. The van der Waals surface area contributed by atoms with Crippen LogP contribution >= 0.6 is 0 Å². The molecule has 0 radical (unpaired) electrons. The maximum atomic E-state index is 12.1. The van der Waals surface area contributed by atoms with Gasteiger partial charge in [0.15, 0.2) is 0 Å². The Morgan fingerprint density at radius 1 is 1.30 bits per heavy atom. The van der Waals surface area contributed by atoms with Crippen molar-refractivity contribution in [3.8, 4) is 0 Å². The maximum absolute atomic E-state index is 12.1. The minimum absolute atomic E-state index is 0.370. The highest BCUT2D eigenvalue weighted by Crippen LogP contribution is 2.27. The monoisotopic (exact) mass is 286 g/mol. The van der Waals surface area contributed by atoms with E-state index in [1.165, 1.54) is 0 Å². The van der Waals surface area contributed by atoms with Crippen molar-refractivity contribution in [1.29, 1.82) is 0 Å². The van der Waals surface area contributed by atoms with E-state index in [0.717, 1.165) is 25.7 Å². The number of carbonyl (C=O) groups excluding carboxylic acids is 1. The van der Waals surface area contributed by atoms with E-state index in [1.54, 1.807) is 7.11 Å². The Labute approximate surface area is 120 Å². The highest BCUT2D eigenvalue weighted by atomic mass is 16.5. The number of methoxy groups -OCH3 is 1. The molecule has 116 valence electrons. The van der Waals surface area contributed by atoms with E-state index >= 15 is 0 Å². The summed E-state index contributed by atoms with van der Waals surface area (Å²) >= 11 is 0. The molecular weight excluding hydrogens is 260 g/mol. The van der Waals surface area contributed by atoms with Gasteiger partial charge in [-0.25, -0.2) is 4.79 Å². The number of amides is 1. The summed E-state index contributed by atoms with van der Waals surface area (Å²) in [4.78, 5) is 23.7. The minimum Gasteiger partial charge on any atom is -0.480 e. The van der Waals surface area contributed by atoms with Gasteiger partial charge in [-0.1, -0.05) is 25.7 Å². The molecule has 1 aliphatic rings. The number of hydrogen-bond acceptors (Lipinski definition) is 4. The van der Waals surface area contributed by atoms with Crippen molar-refractivity contribution in [2.75, 3.05) is 13.7 Å². The van der Waals surface area contributed by atoms with Crippen molar-refractivity contribution in [2.45, 2.75) is 62.9 Å². The van der Waals surface area contributed by atoms with Crippen LogP contribution < -0.4 is 11.1 Å². The Balaban J connectivity index is 2.60. The number of nitrogens with one attached hydrogen (secondary N) is 1. The second-order valence-corrected chi connectivity index (χ2v) is 5.53. The Morgan fingerprint density at radius 3 is 2.40 bits per heavy atom. The number of carboxylic acid groups (broad SMARTS) is 1. The topological polar surface area (TPSA) is 102 Å². The number of rotatable bonds is 7. The summed E-state index contributed by atoms with van der Waals surface area (Å²) < 4.78 is 4.92. The molecule has 0 aromatic carbocycles. The second kappa shape index (κ2) is 8.21. The molecule has 0 spiro atoms. The molecule has 1 saturated carbocycles. The molecule has 1 fully saturated rings. The van der Waals surface area contributed by atoms with Crippen LogP contribution in [0.25, 0.3) is 0 Å². The number of carbonyl (C=O) groups is 2. The van der Waals surface area contributed by atoms with E-state index in [2.05, 4.69) is 5.32 Å². The lowest BCUT2D eigenvalue weighted by atomic mass is 9.89. The van der Waals surface area contributed by atoms with E-state index in [4.69, 9.17) is 10.5 Å². The van der Waals surface area contributed by atoms with Gasteiger partial charge in [0.1, 0.15) is 5.54 Å². The maximum Gasteiger partial charge on any atom is 0.329 e. The van der Waals surface area contributed by atoms with E-state index < -0.39 is 17.6 Å². The standard InChI is InChI=1S/C14H26N2O4/c1-20-10-6-7-11(15)12(17)16-14(13(18)19)8-4-2-3-5-9-14/h11H,2-10,15H2,1H3,(H,16,17)(H,18,19). The molecule has 0 bridgehead atoms. The van der Waals surface area contributed by atoms with Crippen molar-refractivity contribution >= 4 is 11.9 Å². The van der Waals surface area contributed by atoms with Gasteiger partial charge in [0.25, 0.3) is 0 Å². The van der Waals surface area contributed by atoms with Crippen molar-refractivity contribution in [2.24, 2.45) is 5.73 Å². The molecule has 0 aliphatic heterocycles. The number of aliphatic carboxylic acids is 1. The molecule has 1 aliphatic carbocycles. The molecule has 1 atom stereocenters. The fraction of sp³-hybridized carbons (Fsp3) is 0.857. The van der Waals surface area contributed by atoms with E-state index in [9.17, 15) is 14.7 Å². The van der Waals surface area contributed by atoms with Crippen LogP contribution in [0.2, 0.25) is 0 Å². The van der Waals surface area contributed by atoms with Gasteiger partial charge in [-0.15, -0.1) is 0 Å². The molecule has 20 heavy (non-hydrogen) atoms. The normalized spacial score (nSPS) is 19.9. The van der Waals surface area contributed by atoms with E-state index in [-0.39, 0.29) is 5.91 Å². The third-order valence-electron chi connectivity index (χ3n) is 3.93. The zero-order valence-corrected chi connectivity index (χ0v) is 12.2. The molecule has 0 aromatic heterocycles. The zero-order chi connectivity index (χ0) is 15.0. The lowest BCUT2D eigenvalue weighted by Crippen LogP contribution is -2.58. The Morgan fingerprint density at radius 2 is 1.90 bits per heavy atom. The van der Waals surface area contributed by atoms with Gasteiger partial charge in [0.05, 0.1) is 6.04 Å².